The van der Waals surface area contributed by atoms with Crippen molar-refractivity contribution in [3.63, 3.8) is 0 Å². The maximum Gasteiger partial charge on any atom is 0.338 e. The summed E-state index contributed by atoms with van der Waals surface area (Å²) in [4.78, 5) is 20.7. The van der Waals surface area contributed by atoms with Gasteiger partial charge in [0.15, 0.2) is 0 Å². The van der Waals surface area contributed by atoms with Crippen LogP contribution in [0.1, 0.15) is 10.4 Å². The van der Waals surface area contributed by atoms with Gasteiger partial charge < -0.3 is 4.74 Å². The van der Waals surface area contributed by atoms with E-state index < -0.39 is 19.2 Å². The van der Waals surface area contributed by atoms with Crippen LogP contribution in [0.4, 0.5) is 5.69 Å². The molecular weight excluding hydrogens is 309 g/mol. The third-order valence-corrected chi connectivity index (χ3v) is 1.48. The van der Waals surface area contributed by atoms with E-state index in [4.69, 9.17) is 8.42 Å². The standard InChI is InChI=1S/C8H7NO4.Cl2O2S/c1-13-8(10)6-3-2-4-7(5-6)9(11)12;1-5(2,3)4/h2-5H,1H3;. The smallest absolute Gasteiger partial charge is 0.338 e. The Morgan fingerprint density at radius 1 is 1.39 bits per heavy atom. The lowest BCUT2D eigenvalue weighted by atomic mass is 10.2. The largest absolute Gasteiger partial charge is 0.465 e. The number of nitro groups is 1. The Balaban J connectivity index is 0.000000494. The fraction of sp³-hybridized carbons (Fsp3) is 0.125. The first-order valence-corrected chi connectivity index (χ1v) is 7.25. The number of carbonyl (C=O) groups is 1. The average Bonchev–Trinajstić information content (AvgIpc) is 2.26. The summed E-state index contributed by atoms with van der Waals surface area (Å²) in [5, 5.41) is 10.3. The van der Waals surface area contributed by atoms with Crippen molar-refractivity contribution in [1.29, 1.82) is 0 Å². The van der Waals surface area contributed by atoms with Gasteiger partial charge in [-0.15, -0.1) is 0 Å². The predicted octanol–water partition coefficient (Wildman–Crippen LogP) is 2.09. The van der Waals surface area contributed by atoms with E-state index in [0.29, 0.717) is 0 Å². The summed E-state index contributed by atoms with van der Waals surface area (Å²) in [5.74, 6) is -0.580. The van der Waals surface area contributed by atoms with Crippen LogP contribution in [0.15, 0.2) is 24.3 Å². The highest BCUT2D eigenvalue weighted by atomic mass is 36.0. The van der Waals surface area contributed by atoms with Crippen molar-refractivity contribution in [2.45, 2.75) is 0 Å². The zero-order chi connectivity index (χ0) is 14.3. The predicted molar refractivity (Wildman–Crippen MR) is 65.1 cm³/mol. The number of nitrogens with zero attached hydrogens (tertiary/aromatic N) is 1. The average molecular weight is 316 g/mol. The number of hydrogen-bond donors (Lipinski definition) is 0. The van der Waals surface area contributed by atoms with Gasteiger partial charge in [-0.2, -0.15) is 8.42 Å². The number of methoxy groups -OCH3 is 1. The molecule has 0 aromatic heterocycles. The lowest BCUT2D eigenvalue weighted by Crippen LogP contribution is -2.01. The maximum absolute atomic E-state index is 10.9. The van der Waals surface area contributed by atoms with Crippen LogP contribution < -0.4 is 0 Å². The Kier molecular flexibility index (Phi) is 6.60. The molecule has 0 aliphatic rings. The van der Waals surface area contributed by atoms with Crippen molar-refractivity contribution in [2.24, 2.45) is 0 Å². The first kappa shape index (κ1) is 16.6. The molecule has 0 atom stereocenters. The number of esters is 1. The minimum atomic E-state index is -3.72. The number of nitro benzene ring substituents is 1. The summed E-state index contributed by atoms with van der Waals surface area (Å²) in [7, 11) is 6.04. The van der Waals surface area contributed by atoms with Crippen molar-refractivity contribution < 1.29 is 22.9 Å². The van der Waals surface area contributed by atoms with Crippen LogP contribution in [0.3, 0.4) is 0 Å². The van der Waals surface area contributed by atoms with Crippen LogP contribution in [0.5, 0.6) is 0 Å². The Morgan fingerprint density at radius 2 is 1.89 bits per heavy atom. The highest BCUT2D eigenvalue weighted by Crippen LogP contribution is 2.13. The number of non-ortho nitro benzene ring substituents is 1. The maximum atomic E-state index is 10.9. The van der Waals surface area contributed by atoms with Gasteiger partial charge in [0.25, 0.3) is 5.69 Å². The second-order valence-corrected chi connectivity index (χ2v) is 6.35. The molecule has 0 N–H and O–H groups in total. The Hall–Kier alpha value is -1.38. The Bertz CT molecular complexity index is 536. The molecule has 0 unspecified atom stereocenters. The summed E-state index contributed by atoms with van der Waals surface area (Å²) in [6.07, 6.45) is 0. The van der Waals surface area contributed by atoms with Crippen molar-refractivity contribution in [1.82, 2.24) is 0 Å². The fourth-order valence-electron chi connectivity index (χ4n) is 0.864. The van der Waals surface area contributed by atoms with E-state index in [1.165, 1.54) is 31.4 Å². The summed E-state index contributed by atoms with van der Waals surface area (Å²) in [6, 6.07) is 5.38. The highest BCUT2D eigenvalue weighted by molar-refractivity contribution is 8.31. The topological polar surface area (TPSA) is 104 Å². The zero-order valence-corrected chi connectivity index (χ0v) is 11.2. The molecule has 0 saturated carbocycles. The molecule has 1 aromatic carbocycles. The second kappa shape index (κ2) is 7.14. The van der Waals surface area contributed by atoms with Crippen LogP contribution in [-0.4, -0.2) is 26.4 Å². The molecule has 0 spiro atoms. The molecule has 0 amide bonds. The molecule has 100 valence electrons. The van der Waals surface area contributed by atoms with Crippen molar-refractivity contribution in [3.8, 4) is 0 Å². The van der Waals surface area contributed by atoms with Gasteiger partial charge in [-0.05, 0) is 6.07 Å². The molecule has 0 fully saturated rings. The second-order valence-electron chi connectivity index (χ2n) is 2.68. The number of hydrogen-bond acceptors (Lipinski definition) is 6. The summed E-state index contributed by atoms with van der Waals surface area (Å²) < 4.78 is 22.7. The number of ether oxygens (including phenoxy) is 1. The van der Waals surface area contributed by atoms with Gasteiger partial charge in [-0.25, -0.2) is 4.79 Å². The third kappa shape index (κ3) is 7.82. The highest BCUT2D eigenvalue weighted by Gasteiger charge is 2.10. The van der Waals surface area contributed by atoms with Crippen LogP contribution in [0, 0.1) is 10.1 Å². The fourth-order valence-corrected chi connectivity index (χ4v) is 0.864. The van der Waals surface area contributed by atoms with Crippen molar-refractivity contribution >= 4 is 41.3 Å². The quantitative estimate of drug-likeness (QED) is 0.358. The molecule has 10 heteroatoms. The Morgan fingerprint density at radius 3 is 2.28 bits per heavy atom. The zero-order valence-electron chi connectivity index (χ0n) is 8.87. The molecule has 0 aliphatic carbocycles. The summed E-state index contributed by atoms with van der Waals surface area (Å²) in [6.45, 7) is 0. The van der Waals surface area contributed by atoms with Gasteiger partial charge in [-0.1, -0.05) is 6.07 Å². The molecule has 18 heavy (non-hydrogen) atoms. The molecule has 1 aromatic rings. The molecule has 1 rings (SSSR count). The number of benzene rings is 1. The summed E-state index contributed by atoms with van der Waals surface area (Å²) >= 11 is 0. The van der Waals surface area contributed by atoms with E-state index in [0.717, 1.165) is 0 Å². The molecule has 0 radical (unpaired) electrons. The van der Waals surface area contributed by atoms with E-state index in [1.54, 1.807) is 0 Å². The van der Waals surface area contributed by atoms with Gasteiger partial charge in [0.05, 0.1) is 17.6 Å². The van der Waals surface area contributed by atoms with E-state index in [1.807, 2.05) is 0 Å². The van der Waals surface area contributed by atoms with E-state index >= 15 is 0 Å². The van der Waals surface area contributed by atoms with Crippen molar-refractivity contribution in [3.05, 3.63) is 39.9 Å². The number of halogens is 2. The number of carbonyl (C=O) groups excluding carboxylic acids is 1. The molecule has 0 saturated heterocycles. The lowest BCUT2D eigenvalue weighted by molar-refractivity contribution is -0.384. The van der Waals surface area contributed by atoms with Gasteiger partial charge >= 0.3 is 14.2 Å². The van der Waals surface area contributed by atoms with Crippen molar-refractivity contribution in [2.75, 3.05) is 7.11 Å². The number of rotatable bonds is 2. The van der Waals surface area contributed by atoms with Gasteiger partial charge in [0.2, 0.25) is 0 Å². The van der Waals surface area contributed by atoms with E-state index in [9.17, 15) is 14.9 Å². The Labute approximate surface area is 111 Å². The molecule has 0 aliphatic heterocycles. The van der Waals surface area contributed by atoms with Crippen LogP contribution >= 0.6 is 21.4 Å². The van der Waals surface area contributed by atoms with Gasteiger partial charge in [0.1, 0.15) is 0 Å². The first-order chi connectivity index (χ1) is 8.15. The molecular formula is C8H7Cl2NO6S. The van der Waals surface area contributed by atoms with E-state index in [-0.39, 0.29) is 11.3 Å². The molecule has 7 nitrogen and oxygen atoms in total. The molecule has 0 bridgehead atoms. The normalized spacial score (nSPS) is 9.94. The summed E-state index contributed by atoms with van der Waals surface area (Å²) in [5.41, 5.74) is 0.0552. The third-order valence-electron chi connectivity index (χ3n) is 1.48. The van der Waals surface area contributed by atoms with Gasteiger partial charge in [-0.3, -0.25) is 10.1 Å². The molecule has 0 heterocycles. The van der Waals surface area contributed by atoms with E-state index in [2.05, 4.69) is 26.1 Å². The van der Waals surface area contributed by atoms with Gasteiger partial charge in [0, 0.05) is 33.5 Å². The van der Waals surface area contributed by atoms with Crippen LogP contribution in [0.2, 0.25) is 0 Å². The SMILES string of the molecule is COC(=O)c1cccc([N+](=O)[O-])c1.O=S(=O)(Cl)Cl. The first-order valence-electron chi connectivity index (χ1n) is 4.12. The van der Waals surface area contributed by atoms with Crippen LogP contribution in [-0.2, 0) is 13.0 Å². The minimum absolute atomic E-state index is 0.122. The monoisotopic (exact) mass is 315 g/mol. The van der Waals surface area contributed by atoms with Crippen LogP contribution in [0.25, 0.3) is 0 Å². The lowest BCUT2D eigenvalue weighted by Gasteiger charge is -1.97. The minimum Gasteiger partial charge on any atom is -0.465 e.